The molecule has 1 heterocycles. The van der Waals surface area contributed by atoms with Gasteiger partial charge in [-0.15, -0.1) is 0 Å². The molecule has 4 N–H and O–H groups in total. The predicted molar refractivity (Wildman–Crippen MR) is 124 cm³/mol. The van der Waals surface area contributed by atoms with Crippen molar-refractivity contribution in [2.45, 2.75) is 75.3 Å². The number of rotatable bonds is 9. The number of hydrogen-bond donors (Lipinski definition) is 4. The number of alkyl halides is 2. The van der Waals surface area contributed by atoms with Crippen LogP contribution >= 0.6 is 11.6 Å². The molecule has 2 amide bonds. The van der Waals surface area contributed by atoms with Gasteiger partial charge in [-0.2, -0.15) is 8.78 Å². The van der Waals surface area contributed by atoms with E-state index in [1.54, 1.807) is 0 Å². The molecule has 5 rings (SSSR count). The van der Waals surface area contributed by atoms with Gasteiger partial charge >= 0.3 is 6.61 Å². The van der Waals surface area contributed by atoms with Gasteiger partial charge in [0.15, 0.2) is 6.61 Å². The van der Waals surface area contributed by atoms with Crippen molar-refractivity contribution in [3.05, 3.63) is 29.0 Å². The number of hydrogen-bond acceptors (Lipinski definition) is 6. The molecule has 3 aliphatic carbocycles. The molecule has 4 fully saturated rings. The van der Waals surface area contributed by atoms with E-state index in [-0.39, 0.29) is 42.3 Å². The Kier molecular flexibility index (Phi) is 8.33. The molecule has 36 heavy (non-hydrogen) atoms. The first kappa shape index (κ1) is 27.0. The highest BCUT2D eigenvalue weighted by Gasteiger charge is 2.58. The minimum absolute atomic E-state index is 0.0419. The normalized spacial score (nSPS) is 31.8. The van der Waals surface area contributed by atoms with E-state index in [1.807, 2.05) is 0 Å². The van der Waals surface area contributed by atoms with E-state index >= 15 is 0 Å². The van der Waals surface area contributed by atoms with Crippen LogP contribution in [0.3, 0.4) is 0 Å². The predicted octanol–water partition coefficient (Wildman–Crippen LogP) is 2.51. The second kappa shape index (κ2) is 11.1. The van der Waals surface area contributed by atoms with Gasteiger partial charge in [-0.1, -0.05) is 11.6 Å². The van der Waals surface area contributed by atoms with Crippen molar-refractivity contribution in [1.29, 1.82) is 0 Å². The Labute approximate surface area is 212 Å². The molecule has 2 bridgehead atoms. The maximum atomic E-state index is 13.6. The van der Waals surface area contributed by atoms with E-state index in [2.05, 4.69) is 20.7 Å². The van der Waals surface area contributed by atoms with Gasteiger partial charge in [-0.3, -0.25) is 9.59 Å². The molecule has 200 valence electrons. The fraction of sp³-hybridized carbons (Fsp3) is 0.667. The van der Waals surface area contributed by atoms with E-state index in [0.29, 0.717) is 45.1 Å². The lowest BCUT2D eigenvalue weighted by Crippen LogP contribution is -2.66. The molecule has 8 nitrogen and oxygen atoms in total. The summed E-state index contributed by atoms with van der Waals surface area (Å²) in [6, 6.07) is 3.85. The Morgan fingerprint density at radius 1 is 1.22 bits per heavy atom. The lowest BCUT2D eigenvalue weighted by Gasteiger charge is -2.55. The van der Waals surface area contributed by atoms with Gasteiger partial charge in [0, 0.05) is 30.7 Å². The molecule has 0 aromatic heterocycles. The zero-order valence-corrected chi connectivity index (χ0v) is 20.5. The Morgan fingerprint density at radius 2 is 1.97 bits per heavy atom. The highest BCUT2D eigenvalue weighted by molar-refractivity contribution is 6.30. The highest BCUT2D eigenvalue weighted by Crippen LogP contribution is 2.52. The molecular formula is C24H31ClF3N3O5. The number of piperidine rings is 1. The van der Waals surface area contributed by atoms with E-state index in [0.717, 1.165) is 6.07 Å². The third-order valence-corrected chi connectivity index (χ3v) is 8.02. The largest absolute Gasteiger partial charge is 0.484 e. The molecule has 3 atom stereocenters. The first-order valence-electron chi connectivity index (χ1n) is 12.1. The average Bonchev–Trinajstić information content (AvgIpc) is 2.84. The topological polar surface area (TPSA) is 109 Å². The number of ether oxygens (including phenoxy) is 2. The summed E-state index contributed by atoms with van der Waals surface area (Å²) >= 11 is 5.65. The van der Waals surface area contributed by atoms with Gasteiger partial charge in [-0.25, -0.2) is 4.39 Å². The number of amides is 2. The fourth-order valence-corrected chi connectivity index (χ4v) is 5.71. The van der Waals surface area contributed by atoms with Gasteiger partial charge in [0.25, 0.3) is 5.91 Å². The van der Waals surface area contributed by atoms with Crippen molar-refractivity contribution in [2.24, 2.45) is 5.41 Å². The molecule has 0 spiro atoms. The van der Waals surface area contributed by atoms with Crippen molar-refractivity contribution in [3.8, 4) is 5.75 Å². The van der Waals surface area contributed by atoms with Crippen molar-refractivity contribution in [3.63, 3.8) is 0 Å². The summed E-state index contributed by atoms with van der Waals surface area (Å²) in [7, 11) is 0. The minimum Gasteiger partial charge on any atom is -0.484 e. The van der Waals surface area contributed by atoms with Crippen molar-refractivity contribution < 1.29 is 37.3 Å². The van der Waals surface area contributed by atoms with Gasteiger partial charge in [0.1, 0.15) is 11.6 Å². The maximum absolute atomic E-state index is 13.6. The lowest BCUT2D eigenvalue weighted by atomic mass is 9.55. The van der Waals surface area contributed by atoms with E-state index in [4.69, 9.17) is 16.3 Å². The second-order valence-electron chi connectivity index (χ2n) is 9.98. The van der Waals surface area contributed by atoms with Crippen molar-refractivity contribution >= 4 is 23.4 Å². The molecule has 1 saturated heterocycles. The van der Waals surface area contributed by atoms with Crippen molar-refractivity contribution in [1.82, 2.24) is 16.0 Å². The van der Waals surface area contributed by atoms with Crippen LogP contribution in [-0.2, 0) is 14.3 Å². The molecule has 0 radical (unpaired) electrons. The number of carbonyl (C=O) groups is 2. The molecule has 12 heteroatoms. The van der Waals surface area contributed by atoms with Crippen LogP contribution in [0.4, 0.5) is 13.2 Å². The van der Waals surface area contributed by atoms with Crippen LogP contribution in [0.5, 0.6) is 5.75 Å². The Morgan fingerprint density at radius 3 is 2.58 bits per heavy atom. The zero-order valence-electron chi connectivity index (χ0n) is 19.7. The summed E-state index contributed by atoms with van der Waals surface area (Å²) in [6.45, 7) is -2.50. The van der Waals surface area contributed by atoms with Gasteiger partial charge < -0.3 is 30.5 Å². The van der Waals surface area contributed by atoms with Gasteiger partial charge in [0.2, 0.25) is 5.91 Å². The van der Waals surface area contributed by atoms with E-state index in [9.17, 15) is 27.9 Å². The van der Waals surface area contributed by atoms with Crippen LogP contribution < -0.4 is 20.7 Å². The van der Waals surface area contributed by atoms with Crippen molar-refractivity contribution in [2.75, 3.05) is 19.7 Å². The minimum atomic E-state index is -2.80. The highest BCUT2D eigenvalue weighted by atomic mass is 35.5. The van der Waals surface area contributed by atoms with Gasteiger partial charge in [-0.05, 0) is 57.1 Å². The number of carbonyl (C=O) groups excluding carboxylic acids is 2. The summed E-state index contributed by atoms with van der Waals surface area (Å²) in [5.41, 5.74) is -1.54. The van der Waals surface area contributed by atoms with Crippen LogP contribution in [0.2, 0.25) is 5.02 Å². The molecule has 1 aliphatic heterocycles. The summed E-state index contributed by atoms with van der Waals surface area (Å²) in [5, 5.41) is 19.9. The SMILES string of the molecule is O=C(COc1ccc(Cl)c(F)c1)NC12CCC(C(=O)NCC3CCC(OC(F)F)CN3)(CC1)C(O)C2. The summed E-state index contributed by atoms with van der Waals surface area (Å²) in [4.78, 5) is 25.6. The smallest absolute Gasteiger partial charge is 0.345 e. The lowest BCUT2D eigenvalue weighted by molar-refractivity contribution is -0.167. The van der Waals surface area contributed by atoms with Crippen LogP contribution in [-0.4, -0.2) is 67.0 Å². The van der Waals surface area contributed by atoms with Crippen LogP contribution in [0, 0.1) is 11.2 Å². The quantitative estimate of drug-likeness (QED) is 0.388. The fourth-order valence-electron chi connectivity index (χ4n) is 5.60. The Balaban J connectivity index is 1.24. The van der Waals surface area contributed by atoms with Crippen LogP contribution in [0.1, 0.15) is 44.9 Å². The number of aliphatic hydroxyl groups excluding tert-OH is 1. The maximum Gasteiger partial charge on any atom is 0.345 e. The Bertz CT molecular complexity index is 953. The number of benzene rings is 1. The van der Waals surface area contributed by atoms with Crippen LogP contribution in [0.25, 0.3) is 0 Å². The average molecular weight is 534 g/mol. The summed E-state index contributed by atoms with van der Waals surface area (Å²) in [5.74, 6) is -1.09. The van der Waals surface area contributed by atoms with Gasteiger partial charge in [0.05, 0.1) is 22.6 Å². The molecule has 3 saturated carbocycles. The molecular weight excluding hydrogens is 503 g/mol. The number of aliphatic hydroxyl groups is 1. The van der Waals surface area contributed by atoms with E-state index in [1.165, 1.54) is 12.1 Å². The molecule has 3 unspecified atom stereocenters. The number of fused-ring (bicyclic) bond motifs is 3. The van der Waals surface area contributed by atoms with E-state index < -0.39 is 41.5 Å². The monoisotopic (exact) mass is 533 g/mol. The standard InChI is InChI=1S/C24H31ClF3N3O5/c25-17-4-3-15(9-18(17)26)35-13-20(33)31-23-5-7-24(8-6-23,19(32)10-23)21(34)30-11-14-1-2-16(12-29-14)36-22(27)28/h3-4,9,14,16,19,22,29,32H,1-2,5-8,10-13H2,(H,30,34)(H,31,33). The molecule has 1 aromatic carbocycles. The zero-order chi connectivity index (χ0) is 25.9. The third kappa shape index (κ3) is 6.07. The third-order valence-electron chi connectivity index (χ3n) is 7.71. The number of nitrogens with one attached hydrogen (secondary N) is 3. The second-order valence-corrected chi connectivity index (χ2v) is 10.4. The van der Waals surface area contributed by atoms with Crippen LogP contribution in [0.15, 0.2) is 18.2 Å². The Hall–Kier alpha value is -2.08. The molecule has 4 aliphatic rings. The molecule has 1 aromatic rings. The first-order valence-corrected chi connectivity index (χ1v) is 12.5. The first-order chi connectivity index (χ1) is 17.1. The number of halogens is 4. The summed E-state index contributed by atoms with van der Waals surface area (Å²) in [6.07, 6.45) is 1.76. The summed E-state index contributed by atoms with van der Waals surface area (Å²) < 4.78 is 48.1.